The number of carboxylic acids is 4. The number of hydrogen-bond acceptors (Lipinski definition) is 7. The summed E-state index contributed by atoms with van der Waals surface area (Å²) in [7, 11) is 0. The van der Waals surface area contributed by atoms with Gasteiger partial charge in [-0.15, -0.1) is 0 Å². The van der Waals surface area contributed by atoms with Gasteiger partial charge < -0.3 is 25.3 Å². The number of fused-ring (bicyclic) bond motifs is 1. The molecule has 12 nitrogen and oxygen atoms in total. The number of nitrogens with zero attached hydrogens (tertiary/aromatic N) is 3. The number of carboxylic acid groups (broad SMARTS) is 4. The quantitative estimate of drug-likeness (QED) is 0.401. The summed E-state index contributed by atoms with van der Waals surface area (Å²) >= 11 is 0. The fourth-order valence-electron chi connectivity index (χ4n) is 3.82. The number of piperazine rings is 1. The minimum absolute atomic E-state index is 0.184. The maximum absolute atomic E-state index is 13.0. The number of halogens is 1. The van der Waals surface area contributed by atoms with E-state index >= 15 is 0 Å². The van der Waals surface area contributed by atoms with Crippen LogP contribution in [0.15, 0.2) is 48.5 Å². The average Bonchev–Trinajstić information content (AvgIpc) is 3.20. The van der Waals surface area contributed by atoms with E-state index in [1.165, 1.54) is 12.1 Å². The second-order valence-corrected chi connectivity index (χ2v) is 8.32. The zero-order valence-corrected chi connectivity index (χ0v) is 20.3. The predicted molar refractivity (Wildman–Crippen MR) is 131 cm³/mol. The molecular weight excluding hydrogens is 505 g/mol. The van der Waals surface area contributed by atoms with Gasteiger partial charge in [0.05, 0.1) is 6.42 Å². The Labute approximate surface area is 217 Å². The smallest absolute Gasteiger partial charge is 0.414 e. The van der Waals surface area contributed by atoms with E-state index in [-0.39, 0.29) is 11.7 Å². The molecule has 204 valence electrons. The molecule has 2 aromatic rings. The summed E-state index contributed by atoms with van der Waals surface area (Å²) in [4.78, 5) is 55.4. The minimum Gasteiger partial charge on any atom is -0.473 e. The molecule has 1 fully saturated rings. The first kappa shape index (κ1) is 29.9. The highest BCUT2D eigenvalue weighted by Gasteiger charge is 2.27. The number of hydrogen-bond donors (Lipinski definition) is 4. The fraction of sp³-hybridized carbons (Fsp3) is 0.320. The van der Waals surface area contributed by atoms with Crippen molar-refractivity contribution in [1.82, 2.24) is 9.80 Å². The molecule has 4 rings (SSSR count). The molecule has 0 atom stereocenters. The van der Waals surface area contributed by atoms with Crippen molar-refractivity contribution in [2.24, 2.45) is 0 Å². The lowest BCUT2D eigenvalue weighted by Gasteiger charge is -2.35. The van der Waals surface area contributed by atoms with Gasteiger partial charge in [-0.25, -0.2) is 23.6 Å². The molecular formula is C25H28FN3O9. The third-order valence-corrected chi connectivity index (χ3v) is 5.72. The van der Waals surface area contributed by atoms with Crippen molar-refractivity contribution >= 4 is 35.5 Å². The van der Waals surface area contributed by atoms with E-state index < -0.39 is 23.9 Å². The molecule has 2 aromatic carbocycles. The van der Waals surface area contributed by atoms with E-state index in [9.17, 15) is 9.18 Å². The van der Waals surface area contributed by atoms with Crippen molar-refractivity contribution in [3.63, 3.8) is 0 Å². The summed E-state index contributed by atoms with van der Waals surface area (Å²) in [5, 5.41) is 29.6. The van der Waals surface area contributed by atoms with Gasteiger partial charge in [0.2, 0.25) is 5.91 Å². The van der Waals surface area contributed by atoms with Crippen molar-refractivity contribution in [2.45, 2.75) is 13.0 Å². The van der Waals surface area contributed by atoms with Crippen LogP contribution in [0.1, 0.15) is 11.1 Å². The average molecular weight is 534 g/mol. The molecule has 0 saturated carbocycles. The van der Waals surface area contributed by atoms with Crippen LogP contribution in [0.5, 0.6) is 0 Å². The van der Waals surface area contributed by atoms with Crippen LogP contribution in [0.3, 0.4) is 0 Å². The summed E-state index contributed by atoms with van der Waals surface area (Å²) < 4.78 is 13.0. The Balaban J connectivity index is 0.000000355. The van der Waals surface area contributed by atoms with Gasteiger partial charge in [-0.2, -0.15) is 0 Å². The fourth-order valence-corrected chi connectivity index (χ4v) is 3.82. The highest BCUT2D eigenvalue weighted by molar-refractivity contribution is 6.27. The molecule has 1 saturated heterocycles. The highest BCUT2D eigenvalue weighted by Crippen LogP contribution is 2.28. The van der Waals surface area contributed by atoms with Crippen LogP contribution in [-0.4, -0.2) is 99.3 Å². The van der Waals surface area contributed by atoms with E-state index in [1.807, 2.05) is 41.3 Å². The van der Waals surface area contributed by atoms with Gasteiger partial charge in [0.1, 0.15) is 5.82 Å². The first-order valence-electron chi connectivity index (χ1n) is 11.5. The molecule has 4 N–H and O–H groups in total. The van der Waals surface area contributed by atoms with Crippen molar-refractivity contribution < 1.29 is 48.8 Å². The van der Waals surface area contributed by atoms with Crippen LogP contribution in [0.25, 0.3) is 0 Å². The number of carbonyl (C=O) groups excluding carboxylic acids is 1. The topological polar surface area (TPSA) is 176 Å². The first-order chi connectivity index (χ1) is 18.0. The third-order valence-electron chi connectivity index (χ3n) is 5.72. The van der Waals surface area contributed by atoms with Gasteiger partial charge in [-0.05, 0) is 29.3 Å². The van der Waals surface area contributed by atoms with E-state index in [0.717, 1.165) is 62.6 Å². The Bertz CT molecular complexity index is 1100. The molecule has 0 aromatic heterocycles. The Morgan fingerprint density at radius 1 is 0.711 bits per heavy atom. The Morgan fingerprint density at radius 3 is 1.74 bits per heavy atom. The molecule has 0 unspecified atom stereocenters. The maximum atomic E-state index is 13.0. The number of rotatable bonds is 5. The zero-order valence-electron chi connectivity index (χ0n) is 20.3. The van der Waals surface area contributed by atoms with Gasteiger partial charge in [-0.1, -0.05) is 30.3 Å². The van der Waals surface area contributed by atoms with Crippen LogP contribution in [0.4, 0.5) is 10.1 Å². The number of aliphatic carboxylic acids is 4. The van der Waals surface area contributed by atoms with E-state index in [4.69, 9.17) is 39.6 Å². The molecule has 0 bridgehead atoms. The Hall–Kier alpha value is -4.36. The molecule has 13 heteroatoms. The van der Waals surface area contributed by atoms with Crippen molar-refractivity contribution in [1.29, 1.82) is 0 Å². The first-order valence-corrected chi connectivity index (χ1v) is 11.5. The van der Waals surface area contributed by atoms with Crippen molar-refractivity contribution in [2.75, 3.05) is 44.2 Å². The maximum Gasteiger partial charge on any atom is 0.414 e. The molecule has 2 aliphatic heterocycles. The number of carbonyl (C=O) groups is 5. The number of para-hydroxylation sites is 1. The van der Waals surface area contributed by atoms with Crippen molar-refractivity contribution in [3.05, 3.63) is 65.5 Å². The lowest BCUT2D eigenvalue weighted by atomic mass is 10.2. The number of anilines is 1. The number of benzene rings is 2. The molecule has 0 spiro atoms. The predicted octanol–water partition coefficient (Wildman–Crippen LogP) is 0.844. The van der Waals surface area contributed by atoms with Gasteiger partial charge in [0, 0.05) is 51.5 Å². The second kappa shape index (κ2) is 14.4. The molecule has 2 aliphatic rings. The van der Waals surface area contributed by atoms with Crippen LogP contribution in [-0.2, 0) is 36.9 Å². The second-order valence-electron chi connectivity index (χ2n) is 8.32. The molecule has 0 aliphatic carbocycles. The summed E-state index contributed by atoms with van der Waals surface area (Å²) in [6, 6.07) is 14.8. The van der Waals surface area contributed by atoms with Gasteiger partial charge in [0.15, 0.2) is 0 Å². The van der Waals surface area contributed by atoms with Crippen LogP contribution in [0.2, 0.25) is 0 Å². The summed E-state index contributed by atoms with van der Waals surface area (Å²) in [6.07, 6.45) is 0.529. The SMILES string of the molecule is O=C(O)C(=O)O.O=C(O)C(=O)O.O=C1Cc2ccccc2N1CCN1CCN(Cc2ccc(F)cc2)CC1. The lowest BCUT2D eigenvalue weighted by molar-refractivity contribution is -0.159. The zero-order chi connectivity index (χ0) is 28.2. The van der Waals surface area contributed by atoms with Crippen LogP contribution < -0.4 is 4.90 Å². The highest BCUT2D eigenvalue weighted by atomic mass is 19.1. The molecule has 1 amide bonds. The van der Waals surface area contributed by atoms with Gasteiger partial charge >= 0.3 is 23.9 Å². The van der Waals surface area contributed by atoms with Gasteiger partial charge in [0.25, 0.3) is 0 Å². The summed E-state index contributed by atoms with van der Waals surface area (Å²) in [5.41, 5.74) is 3.37. The summed E-state index contributed by atoms with van der Waals surface area (Å²) in [5.74, 6) is -7.27. The molecule has 38 heavy (non-hydrogen) atoms. The molecule has 2 heterocycles. The van der Waals surface area contributed by atoms with E-state index in [2.05, 4.69) is 9.80 Å². The van der Waals surface area contributed by atoms with Gasteiger partial charge in [-0.3, -0.25) is 14.6 Å². The Morgan fingerprint density at radius 2 is 1.21 bits per heavy atom. The van der Waals surface area contributed by atoms with E-state index in [0.29, 0.717) is 6.42 Å². The monoisotopic (exact) mass is 533 g/mol. The minimum atomic E-state index is -1.82. The van der Waals surface area contributed by atoms with E-state index in [1.54, 1.807) is 0 Å². The standard InChI is InChI=1S/C21H24FN3O.2C2H2O4/c22-19-7-5-17(6-8-19)16-24-11-9-23(10-12-24)13-14-25-20-4-2-1-3-18(20)15-21(25)26;2*3-1(4)2(5)6/h1-8H,9-16H2;2*(H,3,4)(H,5,6). The van der Waals surface area contributed by atoms with Crippen LogP contribution >= 0.6 is 0 Å². The molecule has 0 radical (unpaired) electrons. The normalized spacial score (nSPS) is 14.9. The van der Waals surface area contributed by atoms with Crippen LogP contribution in [0, 0.1) is 5.82 Å². The Kier molecular flexibility index (Phi) is 11.3. The lowest BCUT2D eigenvalue weighted by Crippen LogP contribution is -2.48. The largest absolute Gasteiger partial charge is 0.473 e. The summed E-state index contributed by atoms with van der Waals surface area (Å²) in [6.45, 7) is 6.55. The number of amides is 1. The van der Waals surface area contributed by atoms with Crippen molar-refractivity contribution in [3.8, 4) is 0 Å². The third kappa shape index (κ3) is 9.59.